The molecule has 0 aliphatic carbocycles. The van der Waals surface area contributed by atoms with E-state index in [1.165, 1.54) is 6.07 Å². The Morgan fingerprint density at radius 1 is 1.44 bits per heavy atom. The number of nitrogens with zero attached hydrogens (tertiary/aromatic N) is 3. The Hall–Kier alpha value is -0.420. The number of aromatic nitrogens is 2. The van der Waals surface area contributed by atoms with Gasteiger partial charge in [-0.1, -0.05) is 0 Å². The van der Waals surface area contributed by atoms with Crippen LogP contribution < -0.4 is 0 Å². The summed E-state index contributed by atoms with van der Waals surface area (Å²) in [5.74, 6) is 0.104. The molecule has 5 nitrogen and oxygen atoms in total. The SMILES string of the molecule is O=[N+]([O-])c1ccc(-n2cnc(I)c2I)cc1CCl. The van der Waals surface area contributed by atoms with E-state index in [0.717, 1.165) is 13.1 Å². The van der Waals surface area contributed by atoms with Crippen molar-refractivity contribution in [2.75, 3.05) is 0 Å². The molecule has 1 heterocycles. The zero-order valence-electron chi connectivity index (χ0n) is 8.81. The molecule has 2 aromatic rings. The minimum atomic E-state index is -0.426. The van der Waals surface area contributed by atoms with Crippen molar-refractivity contribution < 1.29 is 4.92 Å². The molecule has 0 aliphatic rings. The van der Waals surface area contributed by atoms with Crippen molar-refractivity contribution in [3.63, 3.8) is 0 Å². The van der Waals surface area contributed by atoms with E-state index in [0.29, 0.717) is 5.56 Å². The topological polar surface area (TPSA) is 61.0 Å². The lowest BCUT2D eigenvalue weighted by Gasteiger charge is -2.06. The summed E-state index contributed by atoms with van der Waals surface area (Å²) in [4.78, 5) is 14.6. The number of halogens is 3. The number of rotatable bonds is 3. The summed E-state index contributed by atoms with van der Waals surface area (Å²) >= 11 is 10.1. The fraction of sp³-hybridized carbons (Fsp3) is 0.100. The number of nitro groups is 1. The van der Waals surface area contributed by atoms with E-state index < -0.39 is 4.92 Å². The third kappa shape index (κ3) is 2.62. The summed E-state index contributed by atoms with van der Waals surface area (Å²) in [6.45, 7) is 0. The van der Waals surface area contributed by atoms with E-state index in [9.17, 15) is 10.1 Å². The average Bonchev–Trinajstić information content (AvgIpc) is 2.69. The third-order valence-corrected chi connectivity index (χ3v) is 5.49. The zero-order valence-corrected chi connectivity index (χ0v) is 13.9. The minimum absolute atomic E-state index is 0.0403. The Morgan fingerprint density at radius 2 is 2.17 bits per heavy atom. The summed E-state index contributed by atoms with van der Waals surface area (Å²) in [5, 5.41) is 10.8. The smallest absolute Gasteiger partial charge is 0.273 e. The maximum Gasteiger partial charge on any atom is 0.273 e. The van der Waals surface area contributed by atoms with Gasteiger partial charge in [0, 0.05) is 17.3 Å². The average molecular weight is 489 g/mol. The molecule has 2 rings (SSSR count). The third-order valence-electron chi connectivity index (χ3n) is 2.35. The van der Waals surface area contributed by atoms with Crippen LogP contribution in [0, 0.1) is 17.5 Å². The maximum absolute atomic E-state index is 10.8. The summed E-state index contributed by atoms with van der Waals surface area (Å²) in [6.07, 6.45) is 1.68. The molecule has 8 heteroatoms. The molecule has 0 aliphatic heterocycles. The first-order chi connectivity index (χ1) is 8.54. The number of nitro benzene ring substituents is 1. The van der Waals surface area contributed by atoms with Gasteiger partial charge in [0.15, 0.2) is 0 Å². The van der Waals surface area contributed by atoms with Crippen molar-refractivity contribution in [1.82, 2.24) is 9.55 Å². The standard InChI is InChI=1S/C10H6ClI2N3O2/c11-4-6-3-7(1-2-8(6)16(17)18)15-5-14-9(12)10(15)13/h1-3,5H,4H2. The highest BCUT2D eigenvalue weighted by molar-refractivity contribution is 14.1. The van der Waals surface area contributed by atoms with Crippen molar-refractivity contribution in [1.29, 1.82) is 0 Å². The Kier molecular flexibility index (Phi) is 4.43. The number of imidazole rings is 1. The van der Waals surface area contributed by atoms with E-state index in [4.69, 9.17) is 11.6 Å². The lowest BCUT2D eigenvalue weighted by molar-refractivity contribution is -0.385. The first kappa shape index (κ1) is 14.0. The number of hydrogen-bond acceptors (Lipinski definition) is 3. The molecule has 18 heavy (non-hydrogen) atoms. The van der Waals surface area contributed by atoms with Gasteiger partial charge in [0.1, 0.15) is 13.7 Å². The molecule has 0 saturated carbocycles. The molecule has 0 radical (unpaired) electrons. The van der Waals surface area contributed by atoms with Gasteiger partial charge in [-0.15, -0.1) is 11.6 Å². The molecule has 0 fully saturated rings. The molecule has 94 valence electrons. The molecule has 0 spiro atoms. The lowest BCUT2D eigenvalue weighted by atomic mass is 10.2. The van der Waals surface area contributed by atoms with E-state index in [-0.39, 0.29) is 11.6 Å². The monoisotopic (exact) mass is 489 g/mol. The van der Waals surface area contributed by atoms with Gasteiger partial charge in [-0.2, -0.15) is 0 Å². The Morgan fingerprint density at radius 3 is 2.67 bits per heavy atom. The normalized spacial score (nSPS) is 10.6. The van der Waals surface area contributed by atoms with Gasteiger partial charge in [-0.3, -0.25) is 14.7 Å². The highest BCUT2D eigenvalue weighted by atomic mass is 127. The predicted molar refractivity (Wildman–Crippen MR) is 85.2 cm³/mol. The molecule has 0 atom stereocenters. The highest BCUT2D eigenvalue weighted by Gasteiger charge is 2.15. The molecule has 0 N–H and O–H groups in total. The number of alkyl halides is 1. The first-order valence-corrected chi connectivity index (χ1v) is 7.45. The van der Waals surface area contributed by atoms with Crippen LogP contribution in [0.3, 0.4) is 0 Å². The number of benzene rings is 1. The van der Waals surface area contributed by atoms with Crippen LogP contribution >= 0.6 is 56.8 Å². The molecule has 0 saturated heterocycles. The molecule has 1 aromatic heterocycles. The van der Waals surface area contributed by atoms with Crippen molar-refractivity contribution in [3.8, 4) is 5.69 Å². The van der Waals surface area contributed by atoms with Gasteiger partial charge in [-0.05, 0) is 57.3 Å². The van der Waals surface area contributed by atoms with Crippen molar-refractivity contribution in [2.24, 2.45) is 0 Å². The van der Waals surface area contributed by atoms with Gasteiger partial charge >= 0.3 is 0 Å². The lowest BCUT2D eigenvalue weighted by Crippen LogP contribution is -1.99. The summed E-state index contributed by atoms with van der Waals surface area (Å²) in [6, 6.07) is 4.87. The van der Waals surface area contributed by atoms with Crippen molar-refractivity contribution in [3.05, 3.63) is 47.6 Å². The van der Waals surface area contributed by atoms with E-state index in [1.807, 2.05) is 4.57 Å². The van der Waals surface area contributed by atoms with Crippen LogP contribution in [0.25, 0.3) is 5.69 Å². The predicted octanol–water partition coefficient (Wildman–Crippen LogP) is 3.73. The zero-order chi connectivity index (χ0) is 13.3. The molecule has 0 amide bonds. The summed E-state index contributed by atoms with van der Waals surface area (Å²) in [5.41, 5.74) is 1.35. The van der Waals surface area contributed by atoms with Gasteiger partial charge in [-0.25, -0.2) is 4.98 Å². The summed E-state index contributed by atoms with van der Waals surface area (Å²) < 4.78 is 3.71. The first-order valence-electron chi connectivity index (χ1n) is 4.76. The molecule has 1 aromatic carbocycles. The van der Waals surface area contributed by atoms with E-state index >= 15 is 0 Å². The number of hydrogen-bond donors (Lipinski definition) is 0. The molecular formula is C10H6ClI2N3O2. The van der Waals surface area contributed by atoms with Crippen LogP contribution in [0.2, 0.25) is 0 Å². The molecule has 0 unspecified atom stereocenters. The van der Waals surface area contributed by atoms with Gasteiger partial charge in [0.25, 0.3) is 5.69 Å². The van der Waals surface area contributed by atoms with Crippen molar-refractivity contribution in [2.45, 2.75) is 5.88 Å². The van der Waals surface area contributed by atoms with Crippen LogP contribution in [-0.2, 0) is 5.88 Å². The largest absolute Gasteiger partial charge is 0.293 e. The Labute approximate surface area is 135 Å². The van der Waals surface area contributed by atoms with Crippen LogP contribution in [0.15, 0.2) is 24.5 Å². The molecule has 0 bridgehead atoms. The maximum atomic E-state index is 10.8. The Balaban J connectivity index is 2.54. The molecular weight excluding hydrogens is 483 g/mol. The Bertz CT molecular complexity index is 615. The van der Waals surface area contributed by atoms with Crippen LogP contribution in [0.4, 0.5) is 5.69 Å². The van der Waals surface area contributed by atoms with Gasteiger partial charge in [0.05, 0.1) is 10.8 Å². The highest BCUT2D eigenvalue weighted by Crippen LogP contribution is 2.25. The fourth-order valence-corrected chi connectivity index (χ4v) is 2.64. The quantitative estimate of drug-likeness (QED) is 0.286. The van der Waals surface area contributed by atoms with E-state index in [1.54, 1.807) is 18.5 Å². The van der Waals surface area contributed by atoms with Gasteiger partial charge in [0.2, 0.25) is 0 Å². The second-order valence-corrected chi connectivity index (χ2v) is 5.71. The van der Waals surface area contributed by atoms with Gasteiger partial charge < -0.3 is 0 Å². The van der Waals surface area contributed by atoms with Crippen LogP contribution in [0.1, 0.15) is 5.56 Å². The van der Waals surface area contributed by atoms with Crippen LogP contribution in [-0.4, -0.2) is 14.5 Å². The second-order valence-electron chi connectivity index (χ2n) is 3.40. The van der Waals surface area contributed by atoms with Crippen LogP contribution in [0.5, 0.6) is 0 Å². The fourth-order valence-electron chi connectivity index (χ4n) is 1.50. The second kappa shape index (κ2) is 5.70. The van der Waals surface area contributed by atoms with Crippen molar-refractivity contribution >= 4 is 62.5 Å². The summed E-state index contributed by atoms with van der Waals surface area (Å²) in [7, 11) is 0. The van der Waals surface area contributed by atoms with E-state index in [2.05, 4.69) is 50.2 Å². The minimum Gasteiger partial charge on any atom is -0.293 e.